The van der Waals surface area contributed by atoms with Crippen LogP contribution in [0, 0.1) is 23.7 Å². The van der Waals surface area contributed by atoms with Crippen LogP contribution in [0.1, 0.15) is 99.6 Å². The summed E-state index contributed by atoms with van der Waals surface area (Å²) in [4.78, 5) is 37.6. The van der Waals surface area contributed by atoms with Gasteiger partial charge in [-0.15, -0.1) is 0 Å². The number of aliphatic carboxylic acids is 1. The molecule has 2 N–H and O–H groups in total. The molecule has 5 aliphatic carbocycles. The summed E-state index contributed by atoms with van der Waals surface area (Å²) < 4.78 is 72.0. The number of ether oxygens (including phenoxy) is 2. The molecule has 4 heterocycles. The maximum absolute atomic E-state index is 15.4. The van der Waals surface area contributed by atoms with E-state index in [0.29, 0.717) is 69.0 Å². The highest BCUT2D eigenvalue weighted by Crippen LogP contribution is 2.58. The summed E-state index contributed by atoms with van der Waals surface area (Å²) in [5.41, 5.74) is -1.34. The molecule has 10 nitrogen and oxygen atoms in total. The topological polar surface area (TPSA) is 119 Å². The molecule has 0 atom stereocenters. The molecule has 14 heteroatoms. The summed E-state index contributed by atoms with van der Waals surface area (Å²) in [5, 5.41) is 14.1. The van der Waals surface area contributed by atoms with Crippen molar-refractivity contribution in [3.8, 4) is 17.1 Å². The minimum absolute atomic E-state index is 0.0324. The van der Waals surface area contributed by atoms with Crippen LogP contribution in [0.5, 0.6) is 5.75 Å². The first-order valence-corrected chi connectivity index (χ1v) is 19.6. The molecule has 0 unspecified atom stereocenters. The highest BCUT2D eigenvalue weighted by atomic mass is 19.3. The molecular weight excluding hydrogens is 706 g/mol. The highest BCUT2D eigenvalue weighted by molar-refractivity contribution is 6.00. The van der Waals surface area contributed by atoms with Crippen molar-refractivity contribution in [3.63, 3.8) is 0 Å². The SMILES string of the molecule is CC(F)(F)c1nc(-c2cn(C3CCOCC3)c3cc(O[C@H]4CC[C@H](N5CC(F)(F)C5)CC4)ccc23)ncc1C(=O)NC1(C(=O)O)C2CC3CC(C2)CC1C3. The van der Waals surface area contributed by atoms with Gasteiger partial charge in [-0.25, -0.2) is 23.5 Å². The Kier molecular flexibility index (Phi) is 8.75. The summed E-state index contributed by atoms with van der Waals surface area (Å²) in [6.07, 6.45) is 11.5. The summed E-state index contributed by atoms with van der Waals surface area (Å²) in [6.45, 7) is 1.50. The zero-order valence-corrected chi connectivity index (χ0v) is 30.4. The molecule has 7 fully saturated rings. The van der Waals surface area contributed by atoms with Crippen molar-refractivity contribution in [1.82, 2.24) is 24.8 Å². The third-order valence-corrected chi connectivity index (χ3v) is 13.5. The smallest absolute Gasteiger partial charge is 0.330 e. The highest BCUT2D eigenvalue weighted by Gasteiger charge is 2.62. The molecule has 0 spiro atoms. The number of carbonyl (C=O) groups is 2. The maximum atomic E-state index is 15.4. The van der Waals surface area contributed by atoms with E-state index in [1.165, 1.54) is 0 Å². The normalized spacial score (nSPS) is 32.4. The molecule has 10 rings (SSSR count). The molecule has 54 heavy (non-hydrogen) atoms. The lowest BCUT2D eigenvalue weighted by Crippen LogP contribution is -2.70. The van der Waals surface area contributed by atoms with E-state index in [1.807, 2.05) is 29.3 Å². The van der Waals surface area contributed by atoms with Crippen molar-refractivity contribution in [2.45, 2.75) is 113 Å². The van der Waals surface area contributed by atoms with Gasteiger partial charge in [0.05, 0.1) is 30.3 Å². The fourth-order valence-electron chi connectivity index (χ4n) is 11.1. The van der Waals surface area contributed by atoms with Crippen LogP contribution >= 0.6 is 0 Å². The van der Waals surface area contributed by atoms with Crippen LogP contribution in [0.15, 0.2) is 30.6 Å². The zero-order valence-electron chi connectivity index (χ0n) is 30.4. The van der Waals surface area contributed by atoms with E-state index in [0.717, 1.165) is 62.0 Å². The zero-order chi connectivity index (χ0) is 37.6. The van der Waals surface area contributed by atoms with Crippen molar-refractivity contribution >= 4 is 22.8 Å². The van der Waals surface area contributed by atoms with Gasteiger partial charge in [0, 0.05) is 61.6 Å². The number of halogens is 4. The van der Waals surface area contributed by atoms with Crippen LogP contribution in [0.3, 0.4) is 0 Å². The number of carboxylic acid groups (broad SMARTS) is 1. The van der Waals surface area contributed by atoms with Crippen molar-refractivity contribution in [2.75, 3.05) is 26.3 Å². The van der Waals surface area contributed by atoms with Gasteiger partial charge < -0.3 is 24.5 Å². The summed E-state index contributed by atoms with van der Waals surface area (Å²) in [5.74, 6) is -7.03. The number of alkyl halides is 4. The molecule has 7 aliphatic rings. The second-order valence-corrected chi connectivity index (χ2v) is 17.1. The van der Waals surface area contributed by atoms with E-state index in [2.05, 4.69) is 19.9 Å². The minimum Gasteiger partial charge on any atom is -0.490 e. The summed E-state index contributed by atoms with van der Waals surface area (Å²) in [6, 6.07) is 5.88. The Morgan fingerprint density at radius 1 is 0.963 bits per heavy atom. The Morgan fingerprint density at radius 3 is 2.24 bits per heavy atom. The second kappa shape index (κ2) is 13.2. The average molecular weight is 754 g/mol. The van der Waals surface area contributed by atoms with E-state index in [-0.39, 0.29) is 48.9 Å². The van der Waals surface area contributed by atoms with Gasteiger partial charge in [0.15, 0.2) is 5.82 Å². The molecule has 290 valence electrons. The number of amides is 1. The Hall–Kier alpha value is -3.78. The molecular formula is C40H47F4N5O5. The molecule has 5 saturated carbocycles. The number of nitrogens with zero attached hydrogens (tertiary/aromatic N) is 4. The van der Waals surface area contributed by atoms with Gasteiger partial charge in [-0.2, -0.15) is 8.78 Å². The first-order valence-electron chi connectivity index (χ1n) is 19.6. The molecule has 3 aromatic rings. The summed E-state index contributed by atoms with van der Waals surface area (Å²) >= 11 is 0. The lowest BCUT2D eigenvalue weighted by Gasteiger charge is -2.59. The first kappa shape index (κ1) is 35.9. The molecule has 1 amide bonds. The number of rotatable bonds is 9. The number of carboxylic acids is 1. The van der Waals surface area contributed by atoms with Crippen molar-refractivity contribution in [2.24, 2.45) is 23.7 Å². The Balaban J connectivity index is 1.01. The van der Waals surface area contributed by atoms with E-state index >= 15 is 8.78 Å². The van der Waals surface area contributed by atoms with Gasteiger partial charge in [-0.05, 0) is 106 Å². The predicted octanol–water partition coefficient (Wildman–Crippen LogP) is 7.21. The van der Waals surface area contributed by atoms with E-state index in [9.17, 15) is 23.5 Å². The number of hydrogen-bond donors (Lipinski definition) is 2. The lowest BCUT2D eigenvalue weighted by molar-refractivity contribution is -0.163. The Labute approximate surface area is 311 Å². The van der Waals surface area contributed by atoms with Crippen LogP contribution in [0.25, 0.3) is 22.3 Å². The number of likely N-dealkylation sites (tertiary alicyclic amines) is 1. The number of carbonyl (C=O) groups excluding carboxylic acids is 1. The van der Waals surface area contributed by atoms with E-state index in [4.69, 9.17) is 9.47 Å². The number of aromatic nitrogens is 3. The predicted molar refractivity (Wildman–Crippen MR) is 190 cm³/mol. The molecule has 2 aliphatic heterocycles. The van der Waals surface area contributed by atoms with Crippen LogP contribution in [0.4, 0.5) is 17.6 Å². The van der Waals surface area contributed by atoms with Crippen LogP contribution in [-0.2, 0) is 15.5 Å². The van der Waals surface area contributed by atoms with Crippen molar-refractivity contribution in [1.29, 1.82) is 0 Å². The van der Waals surface area contributed by atoms with E-state index < -0.39 is 40.5 Å². The third-order valence-electron chi connectivity index (χ3n) is 13.5. The number of nitrogens with one attached hydrogen (secondary N) is 1. The van der Waals surface area contributed by atoms with Gasteiger partial charge in [-0.1, -0.05) is 0 Å². The number of fused-ring (bicyclic) bond motifs is 1. The lowest BCUT2D eigenvalue weighted by atomic mass is 9.48. The van der Waals surface area contributed by atoms with E-state index in [1.54, 1.807) is 0 Å². The summed E-state index contributed by atoms with van der Waals surface area (Å²) in [7, 11) is 0. The molecule has 2 aromatic heterocycles. The van der Waals surface area contributed by atoms with Gasteiger partial charge in [0.1, 0.15) is 17.0 Å². The van der Waals surface area contributed by atoms with Crippen molar-refractivity contribution < 1.29 is 41.7 Å². The number of hydrogen-bond acceptors (Lipinski definition) is 7. The Morgan fingerprint density at radius 2 is 1.63 bits per heavy atom. The average Bonchev–Trinajstić information content (AvgIpc) is 3.50. The fourth-order valence-corrected chi connectivity index (χ4v) is 11.1. The van der Waals surface area contributed by atoms with Crippen LogP contribution in [0.2, 0.25) is 0 Å². The molecule has 4 bridgehead atoms. The van der Waals surface area contributed by atoms with Gasteiger partial charge >= 0.3 is 5.97 Å². The quantitative estimate of drug-likeness (QED) is 0.220. The molecule has 2 saturated heterocycles. The molecule has 0 radical (unpaired) electrons. The Bertz CT molecular complexity index is 1910. The van der Waals surface area contributed by atoms with Gasteiger partial charge in [0.2, 0.25) is 0 Å². The standard InChI is InChI=1S/C40H47F4N5O5/c1-38(41,42)34-31(36(50)47-40(37(51)52)24-13-22-12-23(15-24)16-25(40)14-22)18-45-35(46-34)32-19-49(27-8-10-53-11-9-27)33-17-29(6-7-30(32)33)54-28-4-2-26(3-5-28)48-20-39(43,44)21-48/h6-7,17-19,22-28H,2-5,8-16,20-21H2,1H3,(H,47,50)(H,51,52)/t22?,23?,24?,25?,26-,28-,40?. The number of benzene rings is 1. The monoisotopic (exact) mass is 753 g/mol. The second-order valence-electron chi connectivity index (χ2n) is 17.1. The largest absolute Gasteiger partial charge is 0.490 e. The maximum Gasteiger partial charge on any atom is 0.330 e. The van der Waals surface area contributed by atoms with Gasteiger partial charge in [0.25, 0.3) is 17.8 Å². The minimum atomic E-state index is -3.53. The van der Waals surface area contributed by atoms with Gasteiger partial charge in [-0.3, -0.25) is 9.69 Å². The van der Waals surface area contributed by atoms with Crippen molar-refractivity contribution in [3.05, 3.63) is 41.9 Å². The first-order chi connectivity index (χ1) is 25.8. The molecule has 1 aromatic carbocycles. The third kappa shape index (κ3) is 6.24. The fraction of sp³-hybridized carbons (Fsp3) is 0.650. The van der Waals surface area contributed by atoms with Crippen LogP contribution < -0.4 is 10.1 Å². The van der Waals surface area contributed by atoms with Crippen LogP contribution in [-0.4, -0.2) is 86.3 Å².